The number of allylic oxidation sites excluding steroid dienone is 1. The fraction of sp³-hybridized carbons (Fsp3) is 0.118. The summed E-state index contributed by atoms with van der Waals surface area (Å²) < 4.78 is 13.6. The summed E-state index contributed by atoms with van der Waals surface area (Å²) in [5.41, 5.74) is 4.53. The predicted molar refractivity (Wildman–Crippen MR) is 73.8 cm³/mol. The third kappa shape index (κ3) is 3.73. The Morgan fingerprint density at radius 2 is 1.56 bits per heavy atom. The van der Waals surface area contributed by atoms with Crippen LogP contribution in [0.1, 0.15) is 17.5 Å². The van der Waals surface area contributed by atoms with Gasteiger partial charge in [-0.15, -0.1) is 0 Å². The van der Waals surface area contributed by atoms with Gasteiger partial charge in [0.1, 0.15) is 0 Å². The molecule has 0 amide bonds. The molecule has 0 radical (unpaired) electrons. The first-order chi connectivity index (χ1) is 8.86. The standard InChI is InChI=1S/C17H15F/c18-17(16-12-5-2-6-13-16)14-8-7-11-15-9-3-1-4-10-15/h1-6,8-10,12-13H,7,11H2. The van der Waals surface area contributed by atoms with Gasteiger partial charge in [0.15, 0.2) is 5.83 Å². The molecule has 0 fully saturated rings. The Kier molecular flexibility index (Phi) is 4.52. The van der Waals surface area contributed by atoms with E-state index in [1.807, 2.05) is 36.4 Å². The fourth-order valence-corrected chi connectivity index (χ4v) is 1.71. The number of halogens is 1. The Labute approximate surface area is 107 Å². The van der Waals surface area contributed by atoms with E-state index in [2.05, 4.69) is 17.9 Å². The average molecular weight is 238 g/mol. The van der Waals surface area contributed by atoms with Crippen LogP contribution in [0.5, 0.6) is 0 Å². The lowest BCUT2D eigenvalue weighted by molar-refractivity contribution is 0.761. The molecule has 0 saturated carbocycles. The Bertz CT molecular complexity index is 534. The third-order valence-electron chi connectivity index (χ3n) is 2.68. The first kappa shape index (κ1) is 12.3. The van der Waals surface area contributed by atoms with Gasteiger partial charge in [-0.1, -0.05) is 66.4 Å². The van der Waals surface area contributed by atoms with Gasteiger partial charge in [0.25, 0.3) is 0 Å². The molecule has 2 rings (SSSR count). The molecular formula is C17H15F. The highest BCUT2D eigenvalue weighted by Gasteiger charge is 1.95. The molecule has 0 aliphatic heterocycles. The SMILES string of the molecule is FC(=C=CCCc1ccccc1)c1ccccc1. The molecule has 0 heterocycles. The van der Waals surface area contributed by atoms with Gasteiger partial charge in [0, 0.05) is 5.56 Å². The van der Waals surface area contributed by atoms with Gasteiger partial charge >= 0.3 is 0 Å². The Hall–Kier alpha value is -2.11. The maximum Gasteiger partial charge on any atom is 0.172 e. The molecule has 0 nitrogen and oxygen atoms in total. The normalized spacial score (nSPS) is 9.61. The lowest BCUT2D eigenvalue weighted by atomic mass is 10.1. The van der Waals surface area contributed by atoms with Gasteiger partial charge < -0.3 is 0 Å². The molecule has 0 unspecified atom stereocenters. The van der Waals surface area contributed by atoms with E-state index in [0.29, 0.717) is 5.56 Å². The molecule has 2 aromatic carbocycles. The highest BCUT2D eigenvalue weighted by atomic mass is 19.1. The first-order valence-electron chi connectivity index (χ1n) is 6.06. The largest absolute Gasteiger partial charge is 0.197 e. The second kappa shape index (κ2) is 6.58. The van der Waals surface area contributed by atoms with E-state index in [-0.39, 0.29) is 5.83 Å². The number of hydrogen-bond donors (Lipinski definition) is 0. The molecule has 2 aromatic rings. The number of rotatable bonds is 4. The molecule has 0 aliphatic carbocycles. The van der Waals surface area contributed by atoms with E-state index in [1.54, 1.807) is 18.2 Å². The van der Waals surface area contributed by atoms with Crippen LogP contribution in [0.4, 0.5) is 4.39 Å². The van der Waals surface area contributed by atoms with Crippen LogP contribution in [0.15, 0.2) is 72.5 Å². The molecule has 18 heavy (non-hydrogen) atoms. The highest BCUT2D eigenvalue weighted by Crippen LogP contribution is 2.13. The van der Waals surface area contributed by atoms with Gasteiger partial charge in [-0.05, 0) is 24.5 Å². The second-order valence-corrected chi connectivity index (χ2v) is 4.05. The van der Waals surface area contributed by atoms with E-state index in [1.165, 1.54) is 5.56 Å². The van der Waals surface area contributed by atoms with Crippen LogP contribution in [-0.4, -0.2) is 0 Å². The predicted octanol–water partition coefficient (Wildman–Crippen LogP) is 4.78. The van der Waals surface area contributed by atoms with Crippen LogP contribution >= 0.6 is 0 Å². The summed E-state index contributed by atoms with van der Waals surface area (Å²) in [6, 6.07) is 19.2. The van der Waals surface area contributed by atoms with E-state index < -0.39 is 0 Å². The summed E-state index contributed by atoms with van der Waals surface area (Å²) >= 11 is 0. The summed E-state index contributed by atoms with van der Waals surface area (Å²) in [6.45, 7) is 0. The molecule has 0 aromatic heterocycles. The van der Waals surface area contributed by atoms with Gasteiger partial charge in [0.05, 0.1) is 0 Å². The zero-order chi connectivity index (χ0) is 12.6. The first-order valence-corrected chi connectivity index (χ1v) is 6.06. The Morgan fingerprint density at radius 1 is 0.944 bits per heavy atom. The van der Waals surface area contributed by atoms with Crippen molar-refractivity contribution < 1.29 is 4.39 Å². The molecule has 1 heteroatoms. The van der Waals surface area contributed by atoms with E-state index in [0.717, 1.165) is 12.8 Å². The van der Waals surface area contributed by atoms with Crippen molar-refractivity contribution in [1.82, 2.24) is 0 Å². The number of aryl methyl sites for hydroxylation is 1. The van der Waals surface area contributed by atoms with Crippen LogP contribution in [0, 0.1) is 0 Å². The molecular weight excluding hydrogens is 223 g/mol. The van der Waals surface area contributed by atoms with Crippen LogP contribution in [-0.2, 0) is 6.42 Å². The van der Waals surface area contributed by atoms with Gasteiger partial charge in [-0.2, -0.15) is 4.39 Å². The van der Waals surface area contributed by atoms with Crippen molar-refractivity contribution in [2.45, 2.75) is 12.8 Å². The molecule has 0 N–H and O–H groups in total. The minimum Gasteiger partial charge on any atom is -0.197 e. The highest BCUT2D eigenvalue weighted by molar-refractivity contribution is 5.57. The van der Waals surface area contributed by atoms with E-state index in [4.69, 9.17) is 0 Å². The van der Waals surface area contributed by atoms with Crippen molar-refractivity contribution in [2.24, 2.45) is 0 Å². The van der Waals surface area contributed by atoms with Gasteiger partial charge in [-0.25, -0.2) is 0 Å². The summed E-state index contributed by atoms with van der Waals surface area (Å²) in [5, 5.41) is 0. The van der Waals surface area contributed by atoms with Gasteiger partial charge in [-0.3, -0.25) is 0 Å². The maximum atomic E-state index is 13.6. The quantitative estimate of drug-likeness (QED) is 0.672. The summed E-state index contributed by atoms with van der Waals surface area (Å²) in [7, 11) is 0. The number of hydrogen-bond acceptors (Lipinski definition) is 0. The summed E-state index contributed by atoms with van der Waals surface area (Å²) in [6.07, 6.45) is 3.47. The van der Waals surface area contributed by atoms with Crippen LogP contribution < -0.4 is 0 Å². The average Bonchev–Trinajstić information content (AvgIpc) is 2.45. The lowest BCUT2D eigenvalue weighted by Gasteiger charge is -1.95. The van der Waals surface area contributed by atoms with Crippen molar-refractivity contribution in [3.63, 3.8) is 0 Å². The lowest BCUT2D eigenvalue weighted by Crippen LogP contribution is -1.80. The summed E-state index contributed by atoms with van der Waals surface area (Å²) in [4.78, 5) is 0. The Balaban J connectivity index is 1.95. The minimum absolute atomic E-state index is 0.302. The number of benzene rings is 2. The maximum absolute atomic E-state index is 13.6. The summed E-state index contributed by atoms with van der Waals surface area (Å²) in [5.74, 6) is -0.302. The van der Waals surface area contributed by atoms with Crippen molar-refractivity contribution in [2.75, 3.05) is 0 Å². The van der Waals surface area contributed by atoms with Crippen molar-refractivity contribution in [3.05, 3.63) is 83.6 Å². The minimum atomic E-state index is -0.302. The molecule has 0 atom stereocenters. The van der Waals surface area contributed by atoms with Crippen molar-refractivity contribution in [3.8, 4) is 0 Å². The van der Waals surface area contributed by atoms with Crippen molar-refractivity contribution in [1.29, 1.82) is 0 Å². The van der Waals surface area contributed by atoms with Gasteiger partial charge in [0.2, 0.25) is 0 Å². The van der Waals surface area contributed by atoms with Crippen LogP contribution in [0.3, 0.4) is 0 Å². The molecule has 0 spiro atoms. The van der Waals surface area contributed by atoms with Crippen LogP contribution in [0.25, 0.3) is 5.83 Å². The monoisotopic (exact) mass is 238 g/mol. The van der Waals surface area contributed by atoms with E-state index >= 15 is 0 Å². The fourth-order valence-electron chi connectivity index (χ4n) is 1.71. The second-order valence-electron chi connectivity index (χ2n) is 4.05. The molecule has 0 saturated heterocycles. The van der Waals surface area contributed by atoms with Crippen LogP contribution in [0.2, 0.25) is 0 Å². The Morgan fingerprint density at radius 3 is 2.22 bits per heavy atom. The topological polar surface area (TPSA) is 0 Å². The third-order valence-corrected chi connectivity index (χ3v) is 2.68. The van der Waals surface area contributed by atoms with E-state index in [9.17, 15) is 4.39 Å². The zero-order valence-electron chi connectivity index (χ0n) is 10.1. The molecule has 0 aliphatic rings. The van der Waals surface area contributed by atoms with Crippen molar-refractivity contribution >= 4 is 5.83 Å². The smallest absolute Gasteiger partial charge is 0.172 e. The zero-order valence-corrected chi connectivity index (χ0v) is 10.1. The molecule has 0 bridgehead atoms. The molecule has 90 valence electrons.